The first-order valence-electron chi connectivity index (χ1n) is 8.44. The molecule has 2 unspecified atom stereocenters. The number of fused-ring (bicyclic) bond motifs is 1. The molecule has 0 radical (unpaired) electrons. The molecule has 22 heavy (non-hydrogen) atoms. The van der Waals surface area contributed by atoms with E-state index in [2.05, 4.69) is 4.90 Å². The predicted octanol–water partition coefficient (Wildman–Crippen LogP) is 3.10. The standard InChI is InChI=1S/C18H22FNO2/c19-15-9-1-4-12-10-16(17(11-21)22-18(12)15)20(13-5-2-6-13)14-7-3-8-14/h1,4,9,11,13-14,16-17H,2-3,5-8,10H2. The Labute approximate surface area is 130 Å². The highest BCUT2D eigenvalue weighted by atomic mass is 19.1. The Hall–Kier alpha value is -1.42. The van der Waals surface area contributed by atoms with Crippen LogP contribution < -0.4 is 4.74 Å². The fourth-order valence-corrected chi connectivity index (χ4v) is 4.01. The quantitative estimate of drug-likeness (QED) is 0.801. The van der Waals surface area contributed by atoms with Gasteiger partial charge in [-0.2, -0.15) is 0 Å². The van der Waals surface area contributed by atoms with Crippen molar-refractivity contribution in [2.45, 2.75) is 69.2 Å². The molecule has 0 saturated heterocycles. The number of rotatable bonds is 4. The number of benzene rings is 1. The summed E-state index contributed by atoms with van der Waals surface area (Å²) in [6.07, 6.45) is 8.45. The van der Waals surface area contributed by atoms with Gasteiger partial charge in [0.05, 0.1) is 6.04 Å². The minimum atomic E-state index is -0.550. The van der Waals surface area contributed by atoms with Crippen LogP contribution in [0.15, 0.2) is 18.2 Å². The Morgan fingerprint density at radius 2 is 1.82 bits per heavy atom. The molecule has 4 heteroatoms. The van der Waals surface area contributed by atoms with E-state index < -0.39 is 6.10 Å². The molecule has 3 aliphatic rings. The normalized spacial score (nSPS) is 28.5. The van der Waals surface area contributed by atoms with Crippen LogP contribution in [0.5, 0.6) is 5.75 Å². The van der Waals surface area contributed by atoms with E-state index in [0.717, 1.165) is 11.8 Å². The summed E-state index contributed by atoms with van der Waals surface area (Å²) in [6, 6.07) is 6.27. The number of carbonyl (C=O) groups is 1. The third-order valence-corrected chi connectivity index (χ3v) is 5.62. The van der Waals surface area contributed by atoms with Gasteiger partial charge >= 0.3 is 0 Å². The lowest BCUT2D eigenvalue weighted by Crippen LogP contribution is -2.61. The fraction of sp³-hybridized carbons (Fsp3) is 0.611. The maximum atomic E-state index is 13.9. The van der Waals surface area contributed by atoms with Gasteiger partial charge in [-0.3, -0.25) is 9.69 Å². The lowest BCUT2D eigenvalue weighted by Gasteiger charge is -2.52. The van der Waals surface area contributed by atoms with Crippen molar-refractivity contribution in [1.29, 1.82) is 0 Å². The van der Waals surface area contributed by atoms with Crippen LogP contribution in [0.3, 0.4) is 0 Å². The molecule has 118 valence electrons. The monoisotopic (exact) mass is 303 g/mol. The lowest BCUT2D eigenvalue weighted by atomic mass is 9.81. The summed E-state index contributed by atoms with van der Waals surface area (Å²) in [7, 11) is 0. The summed E-state index contributed by atoms with van der Waals surface area (Å²) in [5.41, 5.74) is 0.895. The van der Waals surface area contributed by atoms with E-state index in [1.54, 1.807) is 6.07 Å². The van der Waals surface area contributed by atoms with Crippen molar-refractivity contribution in [3.63, 3.8) is 0 Å². The van der Waals surface area contributed by atoms with Crippen molar-refractivity contribution in [2.75, 3.05) is 0 Å². The fourth-order valence-electron chi connectivity index (χ4n) is 4.01. The highest BCUT2D eigenvalue weighted by molar-refractivity contribution is 5.60. The first-order valence-corrected chi connectivity index (χ1v) is 8.44. The summed E-state index contributed by atoms with van der Waals surface area (Å²) in [5, 5.41) is 0. The summed E-state index contributed by atoms with van der Waals surface area (Å²) in [5.74, 6) is -0.0837. The van der Waals surface area contributed by atoms with E-state index in [1.807, 2.05) is 6.07 Å². The molecule has 0 aromatic heterocycles. The summed E-state index contributed by atoms with van der Waals surface area (Å²) in [4.78, 5) is 14.1. The molecule has 1 aliphatic heterocycles. The molecule has 2 atom stereocenters. The molecule has 0 N–H and O–H groups in total. The molecule has 1 aromatic carbocycles. The maximum absolute atomic E-state index is 13.9. The van der Waals surface area contributed by atoms with Gasteiger partial charge in [-0.05, 0) is 43.7 Å². The van der Waals surface area contributed by atoms with Gasteiger partial charge in [-0.25, -0.2) is 4.39 Å². The number of ether oxygens (including phenoxy) is 1. The molecule has 0 amide bonds. The van der Waals surface area contributed by atoms with Crippen LogP contribution in [0, 0.1) is 5.82 Å². The number of hydrogen-bond donors (Lipinski definition) is 0. The van der Waals surface area contributed by atoms with Crippen LogP contribution in [0.4, 0.5) is 4.39 Å². The molecule has 3 nitrogen and oxygen atoms in total. The minimum absolute atomic E-state index is 0.0578. The van der Waals surface area contributed by atoms with E-state index in [0.29, 0.717) is 18.5 Å². The van der Waals surface area contributed by atoms with Gasteiger partial charge in [0.25, 0.3) is 0 Å². The lowest BCUT2D eigenvalue weighted by molar-refractivity contribution is -0.121. The average molecular weight is 303 g/mol. The zero-order valence-electron chi connectivity index (χ0n) is 12.7. The van der Waals surface area contributed by atoms with Gasteiger partial charge in [-0.1, -0.05) is 25.0 Å². The Bertz CT molecular complexity index is 554. The Kier molecular flexibility index (Phi) is 3.65. The third-order valence-electron chi connectivity index (χ3n) is 5.62. The number of hydrogen-bond acceptors (Lipinski definition) is 3. The van der Waals surface area contributed by atoms with Gasteiger partial charge < -0.3 is 4.74 Å². The Morgan fingerprint density at radius 3 is 2.36 bits per heavy atom. The van der Waals surface area contributed by atoms with Crippen molar-refractivity contribution >= 4 is 6.29 Å². The zero-order valence-corrected chi connectivity index (χ0v) is 12.7. The highest BCUT2D eigenvalue weighted by Gasteiger charge is 2.44. The smallest absolute Gasteiger partial charge is 0.169 e. The van der Waals surface area contributed by atoms with E-state index >= 15 is 0 Å². The van der Waals surface area contributed by atoms with Crippen LogP contribution >= 0.6 is 0 Å². The van der Waals surface area contributed by atoms with E-state index in [9.17, 15) is 9.18 Å². The van der Waals surface area contributed by atoms with Crippen molar-refractivity contribution in [1.82, 2.24) is 4.90 Å². The third kappa shape index (κ3) is 2.24. The molecule has 2 fully saturated rings. The number of halogens is 1. The zero-order chi connectivity index (χ0) is 15.1. The number of para-hydroxylation sites is 1. The molecule has 1 heterocycles. The SMILES string of the molecule is O=CC1Oc2c(F)cccc2CC1N(C1CCC1)C1CCC1. The second kappa shape index (κ2) is 5.65. The van der Waals surface area contributed by atoms with E-state index in [-0.39, 0.29) is 17.6 Å². The number of aldehydes is 1. The number of nitrogens with zero attached hydrogens (tertiary/aromatic N) is 1. The van der Waals surface area contributed by atoms with Crippen molar-refractivity contribution in [3.8, 4) is 5.75 Å². The van der Waals surface area contributed by atoms with Crippen LogP contribution in [0.25, 0.3) is 0 Å². The molecule has 1 aromatic rings. The van der Waals surface area contributed by atoms with Crippen LogP contribution in [-0.4, -0.2) is 35.4 Å². The number of carbonyl (C=O) groups excluding carboxylic acids is 1. The molecule has 2 saturated carbocycles. The first-order chi connectivity index (χ1) is 10.8. The highest BCUT2D eigenvalue weighted by Crippen LogP contribution is 2.40. The average Bonchev–Trinajstić information content (AvgIpc) is 2.42. The van der Waals surface area contributed by atoms with Crippen LogP contribution in [-0.2, 0) is 11.2 Å². The predicted molar refractivity (Wildman–Crippen MR) is 81.5 cm³/mol. The molecule has 0 bridgehead atoms. The van der Waals surface area contributed by atoms with Gasteiger partial charge in [-0.15, -0.1) is 0 Å². The maximum Gasteiger partial charge on any atom is 0.169 e. The van der Waals surface area contributed by atoms with E-state index in [1.165, 1.54) is 44.6 Å². The van der Waals surface area contributed by atoms with Crippen molar-refractivity contribution < 1.29 is 13.9 Å². The topological polar surface area (TPSA) is 29.5 Å². The van der Waals surface area contributed by atoms with Crippen LogP contribution in [0.2, 0.25) is 0 Å². The van der Waals surface area contributed by atoms with Gasteiger partial charge in [0.1, 0.15) is 0 Å². The summed E-state index contributed by atoms with van der Waals surface area (Å²) in [6.45, 7) is 0. The Balaban J connectivity index is 1.65. The van der Waals surface area contributed by atoms with E-state index in [4.69, 9.17) is 4.74 Å². The van der Waals surface area contributed by atoms with Gasteiger partial charge in [0.15, 0.2) is 24.0 Å². The van der Waals surface area contributed by atoms with Crippen molar-refractivity contribution in [3.05, 3.63) is 29.6 Å². The first kappa shape index (κ1) is 14.2. The molecular formula is C18H22FNO2. The second-order valence-electron chi connectivity index (χ2n) is 6.83. The summed E-state index contributed by atoms with van der Waals surface area (Å²) < 4.78 is 19.7. The van der Waals surface area contributed by atoms with Crippen molar-refractivity contribution in [2.24, 2.45) is 0 Å². The molecule has 4 rings (SSSR count). The molecule has 0 spiro atoms. The van der Waals surface area contributed by atoms with Gasteiger partial charge in [0.2, 0.25) is 0 Å². The minimum Gasteiger partial charge on any atom is -0.478 e. The molecule has 2 aliphatic carbocycles. The summed E-state index contributed by atoms with van der Waals surface area (Å²) >= 11 is 0. The largest absolute Gasteiger partial charge is 0.478 e. The molecular weight excluding hydrogens is 281 g/mol. The van der Waals surface area contributed by atoms with Gasteiger partial charge in [0, 0.05) is 12.1 Å². The Morgan fingerprint density at radius 1 is 1.14 bits per heavy atom. The van der Waals surface area contributed by atoms with Crippen LogP contribution in [0.1, 0.15) is 44.1 Å². The second-order valence-corrected chi connectivity index (χ2v) is 6.83.